The SMILES string of the molecule is C=CC[C@H]1CCC[C@@H](CC[C@H](C)[C@H](O)C[C@@H](O)C[C@@H]2CCC[C@H](C(C)(C)C(=O)OCc3ccccc3)O2)O1. The Labute approximate surface area is 229 Å². The molecule has 6 heteroatoms. The molecule has 0 aliphatic carbocycles. The van der Waals surface area contributed by atoms with Gasteiger partial charge in [0, 0.05) is 0 Å². The molecule has 2 saturated heterocycles. The Morgan fingerprint density at radius 2 is 1.76 bits per heavy atom. The summed E-state index contributed by atoms with van der Waals surface area (Å²) >= 11 is 0. The van der Waals surface area contributed by atoms with E-state index in [0.717, 1.165) is 56.9 Å². The van der Waals surface area contributed by atoms with Crippen molar-refractivity contribution in [2.24, 2.45) is 11.3 Å². The summed E-state index contributed by atoms with van der Waals surface area (Å²) in [4.78, 5) is 12.9. The van der Waals surface area contributed by atoms with E-state index in [9.17, 15) is 15.0 Å². The van der Waals surface area contributed by atoms with E-state index in [0.29, 0.717) is 12.8 Å². The van der Waals surface area contributed by atoms with E-state index in [1.165, 1.54) is 6.42 Å². The van der Waals surface area contributed by atoms with Crippen molar-refractivity contribution in [2.45, 2.75) is 135 Å². The van der Waals surface area contributed by atoms with Crippen LogP contribution in [-0.4, -0.2) is 52.8 Å². The zero-order valence-corrected chi connectivity index (χ0v) is 23.7. The molecule has 38 heavy (non-hydrogen) atoms. The van der Waals surface area contributed by atoms with Gasteiger partial charge in [-0.05, 0) is 96.0 Å². The van der Waals surface area contributed by atoms with E-state index in [1.807, 2.05) is 50.3 Å². The molecule has 2 fully saturated rings. The maximum Gasteiger partial charge on any atom is 0.314 e. The second kappa shape index (κ2) is 15.2. The Morgan fingerprint density at radius 3 is 2.50 bits per heavy atom. The second-order valence-corrected chi connectivity index (χ2v) is 12.0. The second-order valence-electron chi connectivity index (χ2n) is 12.0. The molecule has 0 unspecified atom stereocenters. The summed E-state index contributed by atoms with van der Waals surface area (Å²) < 4.78 is 18.1. The molecule has 0 aromatic heterocycles. The Bertz CT molecular complexity index is 840. The number of carbonyl (C=O) groups is 1. The first-order valence-electron chi connectivity index (χ1n) is 14.7. The monoisotopic (exact) mass is 530 g/mol. The standard InChI is InChI=1S/C32H50O6/c1-5-11-26-14-9-15-27(37-26)19-18-23(2)29(34)21-25(33)20-28-16-10-17-30(38-28)32(3,4)31(35)36-22-24-12-7-6-8-13-24/h5-8,12-13,23,25-30,33-34H,1,9-11,14-22H2,2-4H3/t23-,25-,26-,27-,28-,29+,30+/m0/s1. The van der Waals surface area contributed by atoms with E-state index >= 15 is 0 Å². The predicted octanol–water partition coefficient (Wildman–Crippen LogP) is 6.13. The first-order chi connectivity index (χ1) is 18.2. The zero-order chi connectivity index (χ0) is 27.5. The highest BCUT2D eigenvalue weighted by molar-refractivity contribution is 5.76. The largest absolute Gasteiger partial charge is 0.460 e. The first-order valence-corrected chi connectivity index (χ1v) is 14.7. The van der Waals surface area contributed by atoms with Crippen LogP contribution < -0.4 is 0 Å². The molecule has 0 spiro atoms. The van der Waals surface area contributed by atoms with Crippen molar-refractivity contribution in [2.75, 3.05) is 0 Å². The lowest BCUT2D eigenvalue weighted by molar-refractivity contribution is -0.174. The summed E-state index contributed by atoms with van der Waals surface area (Å²) in [6.07, 6.45) is 10.3. The molecule has 0 bridgehead atoms. The van der Waals surface area contributed by atoms with Gasteiger partial charge >= 0.3 is 5.97 Å². The summed E-state index contributed by atoms with van der Waals surface area (Å²) in [6, 6.07) is 9.67. The molecule has 0 saturated carbocycles. The lowest BCUT2D eigenvalue weighted by Crippen LogP contribution is -2.45. The number of esters is 1. The minimum atomic E-state index is -0.779. The third-order valence-electron chi connectivity index (χ3n) is 8.41. The molecule has 1 aromatic rings. The molecule has 6 nitrogen and oxygen atoms in total. The molecular formula is C32H50O6. The number of rotatable bonds is 14. The van der Waals surface area contributed by atoms with Crippen LogP contribution in [0, 0.1) is 11.3 Å². The molecule has 214 valence electrons. The number of benzene rings is 1. The van der Waals surface area contributed by atoms with Gasteiger partial charge in [-0.25, -0.2) is 0 Å². The summed E-state index contributed by atoms with van der Waals surface area (Å²) in [5.41, 5.74) is 0.177. The Balaban J connectivity index is 1.40. The van der Waals surface area contributed by atoms with Crippen LogP contribution >= 0.6 is 0 Å². The highest BCUT2D eigenvalue weighted by atomic mass is 16.5. The molecule has 0 amide bonds. The minimum absolute atomic E-state index is 0.0892. The first kappa shape index (κ1) is 30.8. The van der Waals surface area contributed by atoms with Crippen molar-refractivity contribution in [1.29, 1.82) is 0 Å². The van der Waals surface area contributed by atoms with Crippen LogP contribution in [0.2, 0.25) is 0 Å². The van der Waals surface area contributed by atoms with Crippen molar-refractivity contribution < 1.29 is 29.2 Å². The van der Waals surface area contributed by atoms with Gasteiger partial charge in [0.2, 0.25) is 0 Å². The summed E-state index contributed by atoms with van der Waals surface area (Å²) in [6.45, 7) is 9.88. The Kier molecular flexibility index (Phi) is 12.3. The van der Waals surface area contributed by atoms with Crippen LogP contribution in [0.5, 0.6) is 0 Å². The molecule has 2 aliphatic rings. The van der Waals surface area contributed by atoms with Crippen molar-refractivity contribution >= 4 is 5.97 Å². The number of ether oxygens (including phenoxy) is 3. The summed E-state index contributed by atoms with van der Waals surface area (Å²) in [5.74, 6) is -0.180. The Hall–Kier alpha value is -1.73. The maximum atomic E-state index is 12.9. The van der Waals surface area contributed by atoms with Crippen LogP contribution in [0.1, 0.15) is 97.0 Å². The van der Waals surface area contributed by atoms with Gasteiger partial charge in [-0.15, -0.1) is 6.58 Å². The van der Waals surface area contributed by atoms with Gasteiger partial charge in [-0.3, -0.25) is 4.79 Å². The summed E-state index contributed by atoms with van der Waals surface area (Å²) in [7, 11) is 0. The van der Waals surface area contributed by atoms with E-state index in [2.05, 4.69) is 13.5 Å². The third kappa shape index (κ3) is 9.48. The predicted molar refractivity (Wildman–Crippen MR) is 150 cm³/mol. The number of aliphatic hydroxyl groups is 2. The molecule has 2 aliphatic heterocycles. The van der Waals surface area contributed by atoms with E-state index in [4.69, 9.17) is 14.2 Å². The lowest BCUT2D eigenvalue weighted by atomic mass is 9.81. The highest BCUT2D eigenvalue weighted by Crippen LogP contribution is 2.35. The minimum Gasteiger partial charge on any atom is -0.460 e. The fourth-order valence-electron chi connectivity index (χ4n) is 5.75. The van der Waals surface area contributed by atoms with Crippen molar-refractivity contribution in [3.8, 4) is 0 Å². The van der Waals surface area contributed by atoms with Crippen LogP contribution in [0.3, 0.4) is 0 Å². The zero-order valence-electron chi connectivity index (χ0n) is 23.7. The van der Waals surface area contributed by atoms with Gasteiger partial charge in [-0.2, -0.15) is 0 Å². The number of carbonyl (C=O) groups excluding carboxylic acids is 1. The van der Waals surface area contributed by atoms with Crippen LogP contribution in [0.15, 0.2) is 43.0 Å². The molecule has 2 N–H and O–H groups in total. The topological polar surface area (TPSA) is 85.2 Å². The van der Waals surface area contributed by atoms with Gasteiger partial charge in [0.05, 0.1) is 42.0 Å². The van der Waals surface area contributed by atoms with Gasteiger partial charge in [0.15, 0.2) is 0 Å². The maximum absolute atomic E-state index is 12.9. The van der Waals surface area contributed by atoms with Gasteiger partial charge in [0.25, 0.3) is 0 Å². The molecule has 1 aromatic carbocycles. The third-order valence-corrected chi connectivity index (χ3v) is 8.41. The van der Waals surface area contributed by atoms with Gasteiger partial charge < -0.3 is 24.4 Å². The lowest BCUT2D eigenvalue weighted by Gasteiger charge is -2.39. The fraction of sp³-hybridized carbons (Fsp3) is 0.719. The van der Waals surface area contributed by atoms with Crippen molar-refractivity contribution in [1.82, 2.24) is 0 Å². The van der Waals surface area contributed by atoms with Gasteiger partial charge in [0.1, 0.15) is 6.61 Å². The highest BCUT2D eigenvalue weighted by Gasteiger charge is 2.42. The van der Waals surface area contributed by atoms with E-state index in [-0.39, 0.29) is 42.9 Å². The normalized spacial score (nSPS) is 26.8. The van der Waals surface area contributed by atoms with Crippen LogP contribution in [-0.2, 0) is 25.6 Å². The average molecular weight is 531 g/mol. The number of aliphatic hydroxyl groups excluding tert-OH is 2. The molecular weight excluding hydrogens is 480 g/mol. The smallest absolute Gasteiger partial charge is 0.314 e. The number of hydrogen-bond donors (Lipinski definition) is 2. The Morgan fingerprint density at radius 1 is 1.08 bits per heavy atom. The van der Waals surface area contributed by atoms with Crippen LogP contribution in [0.25, 0.3) is 0 Å². The molecule has 0 radical (unpaired) electrons. The average Bonchev–Trinajstić information content (AvgIpc) is 2.91. The van der Waals surface area contributed by atoms with E-state index < -0.39 is 17.6 Å². The molecule has 7 atom stereocenters. The van der Waals surface area contributed by atoms with Crippen molar-refractivity contribution in [3.63, 3.8) is 0 Å². The van der Waals surface area contributed by atoms with E-state index in [1.54, 1.807) is 0 Å². The fourth-order valence-corrected chi connectivity index (χ4v) is 5.75. The summed E-state index contributed by atoms with van der Waals surface area (Å²) in [5, 5.41) is 21.5. The molecule has 3 rings (SSSR count). The number of hydrogen-bond acceptors (Lipinski definition) is 6. The van der Waals surface area contributed by atoms with Crippen LogP contribution in [0.4, 0.5) is 0 Å². The quantitative estimate of drug-likeness (QED) is 0.222. The van der Waals surface area contributed by atoms with Gasteiger partial charge in [-0.1, -0.05) is 43.3 Å². The molecule has 2 heterocycles. The van der Waals surface area contributed by atoms with Crippen molar-refractivity contribution in [3.05, 3.63) is 48.6 Å².